The van der Waals surface area contributed by atoms with Crippen molar-refractivity contribution in [2.24, 2.45) is 0 Å². The van der Waals surface area contributed by atoms with Gasteiger partial charge in [-0.3, -0.25) is 0 Å². The van der Waals surface area contributed by atoms with Crippen molar-refractivity contribution in [2.75, 3.05) is 39.5 Å². The summed E-state index contributed by atoms with van der Waals surface area (Å²) in [5, 5.41) is 0. The topological polar surface area (TPSA) is 124 Å². The minimum atomic E-state index is -4.94. The van der Waals surface area contributed by atoms with Gasteiger partial charge in [-0.1, -0.05) is 53.1 Å². The van der Waals surface area contributed by atoms with Crippen LogP contribution >= 0.6 is 0 Å². The summed E-state index contributed by atoms with van der Waals surface area (Å²) >= 11 is 0. The number of ether oxygens (including phenoxy) is 3. The monoisotopic (exact) mass is 519 g/mol. The van der Waals surface area contributed by atoms with Crippen LogP contribution in [0.15, 0.2) is 72.8 Å². The lowest BCUT2D eigenvalue weighted by Gasteiger charge is -2.20. The van der Waals surface area contributed by atoms with E-state index in [0.717, 1.165) is 36.9 Å². The summed E-state index contributed by atoms with van der Waals surface area (Å²) in [5.41, 5.74) is 3.71. The van der Waals surface area contributed by atoms with Crippen molar-refractivity contribution in [3.8, 4) is 17.2 Å². The molecule has 0 radical (unpaired) electrons. The zero-order valence-corrected chi connectivity index (χ0v) is 21.7. The van der Waals surface area contributed by atoms with Gasteiger partial charge < -0.3 is 19.1 Å². The normalized spacial score (nSPS) is 11.0. The SMILES string of the molecule is Cc1ccc(OCC[NH+](CCOc2ccc(C)cc2)CCOc2ccc(C)cc2)cc1.[O-][Cl+3]([O-])([O-])[O-]. The van der Waals surface area contributed by atoms with Crippen LogP contribution in [0.25, 0.3) is 0 Å². The molecule has 0 aliphatic heterocycles. The summed E-state index contributed by atoms with van der Waals surface area (Å²) in [4.78, 5) is 1.39. The van der Waals surface area contributed by atoms with Gasteiger partial charge in [0.1, 0.15) is 56.7 Å². The third-order valence-electron chi connectivity index (χ3n) is 5.24. The Morgan fingerprint density at radius 1 is 0.500 bits per heavy atom. The first kappa shape index (κ1) is 29.4. The molecule has 3 rings (SSSR count). The Morgan fingerprint density at radius 2 is 0.722 bits per heavy atom. The fraction of sp³-hybridized carbons (Fsp3) is 0.333. The third-order valence-corrected chi connectivity index (χ3v) is 5.24. The highest BCUT2D eigenvalue weighted by Crippen LogP contribution is 2.12. The first-order valence-corrected chi connectivity index (χ1v) is 12.9. The van der Waals surface area contributed by atoms with Crippen molar-refractivity contribution in [1.82, 2.24) is 0 Å². The van der Waals surface area contributed by atoms with Gasteiger partial charge in [0, 0.05) is 0 Å². The summed E-state index contributed by atoms with van der Waals surface area (Å²) in [6, 6.07) is 24.6. The van der Waals surface area contributed by atoms with Gasteiger partial charge in [0.05, 0.1) is 0 Å². The Bertz CT molecular complexity index is 862. The molecule has 3 aromatic carbocycles. The van der Waals surface area contributed by atoms with Crippen LogP contribution < -0.4 is 37.7 Å². The molecule has 0 saturated heterocycles. The molecular weight excluding hydrogens is 486 g/mol. The molecule has 8 nitrogen and oxygen atoms in total. The molecule has 196 valence electrons. The lowest BCUT2D eigenvalue weighted by molar-refractivity contribution is -2.00. The maximum Gasteiger partial charge on any atom is 0.137 e. The standard InChI is InChI=1S/C27H33NO3.ClHO4/c1-22-4-10-25(11-5-22)29-19-16-28(17-20-30-26-12-6-23(2)7-13-26)18-21-31-27-14-8-24(3)9-15-27;2-1(3,4)5/h4-15H,16-21H2,1-3H3;(H,2,3,4,5). The largest absolute Gasteiger partial charge is 0.488 e. The zero-order valence-electron chi connectivity index (χ0n) is 20.9. The average molecular weight is 520 g/mol. The highest BCUT2D eigenvalue weighted by Gasteiger charge is 2.10. The Labute approximate surface area is 215 Å². The van der Waals surface area contributed by atoms with E-state index < -0.39 is 10.2 Å². The molecular formula is C27H34ClNO7. The van der Waals surface area contributed by atoms with Crippen LogP contribution in [-0.4, -0.2) is 39.5 Å². The molecule has 0 aliphatic carbocycles. The van der Waals surface area contributed by atoms with E-state index in [1.807, 2.05) is 36.4 Å². The van der Waals surface area contributed by atoms with Gasteiger partial charge in [0.2, 0.25) is 0 Å². The molecule has 0 heterocycles. The summed E-state index contributed by atoms with van der Waals surface area (Å²) < 4.78 is 51.8. The van der Waals surface area contributed by atoms with Gasteiger partial charge in [0.15, 0.2) is 0 Å². The second-order valence-corrected chi connectivity index (χ2v) is 9.12. The van der Waals surface area contributed by atoms with Crippen molar-refractivity contribution in [1.29, 1.82) is 0 Å². The fourth-order valence-corrected chi connectivity index (χ4v) is 3.22. The molecule has 3 aromatic rings. The van der Waals surface area contributed by atoms with Crippen molar-refractivity contribution in [2.45, 2.75) is 20.8 Å². The second-order valence-electron chi connectivity index (χ2n) is 8.36. The molecule has 9 heteroatoms. The molecule has 0 fully saturated rings. The zero-order chi connectivity index (χ0) is 26.4. The summed E-state index contributed by atoms with van der Waals surface area (Å²) in [6.07, 6.45) is 0. The van der Waals surface area contributed by atoms with Crippen LogP contribution in [0.2, 0.25) is 0 Å². The van der Waals surface area contributed by atoms with E-state index in [-0.39, 0.29) is 0 Å². The van der Waals surface area contributed by atoms with E-state index in [4.69, 9.17) is 32.8 Å². The second kappa shape index (κ2) is 15.3. The summed E-state index contributed by atoms with van der Waals surface area (Å²) in [7, 11) is -4.94. The van der Waals surface area contributed by atoms with Gasteiger partial charge in [0.25, 0.3) is 0 Å². The van der Waals surface area contributed by atoms with Gasteiger partial charge in [-0.05, 0) is 57.2 Å². The average Bonchev–Trinajstić information content (AvgIpc) is 2.81. The van der Waals surface area contributed by atoms with Crippen molar-refractivity contribution in [3.05, 3.63) is 89.5 Å². The van der Waals surface area contributed by atoms with Crippen LogP contribution in [0.4, 0.5) is 0 Å². The lowest BCUT2D eigenvalue weighted by Crippen LogP contribution is -3.13. The number of hydrogen-bond acceptors (Lipinski definition) is 7. The number of rotatable bonds is 12. The maximum atomic E-state index is 8.49. The molecule has 1 N–H and O–H groups in total. The number of nitrogens with one attached hydrogen (secondary N) is 1. The summed E-state index contributed by atoms with van der Waals surface area (Å²) in [6.45, 7) is 10.9. The molecule has 0 aromatic heterocycles. The number of hydrogen-bond donors (Lipinski definition) is 1. The van der Waals surface area contributed by atoms with E-state index in [0.29, 0.717) is 19.8 Å². The molecule has 0 aliphatic rings. The molecule has 0 atom stereocenters. The van der Waals surface area contributed by atoms with Crippen molar-refractivity contribution < 1.29 is 48.0 Å². The van der Waals surface area contributed by atoms with Gasteiger partial charge in [-0.15, -0.1) is 10.2 Å². The molecule has 0 saturated carbocycles. The van der Waals surface area contributed by atoms with Crippen molar-refractivity contribution >= 4 is 0 Å². The Kier molecular flexibility index (Phi) is 12.5. The first-order valence-electron chi connectivity index (χ1n) is 11.6. The number of quaternary nitrogens is 1. The van der Waals surface area contributed by atoms with Gasteiger partial charge in [-0.25, -0.2) is 18.6 Å². The van der Waals surface area contributed by atoms with E-state index >= 15 is 0 Å². The van der Waals surface area contributed by atoms with Gasteiger partial charge in [-0.2, -0.15) is 0 Å². The van der Waals surface area contributed by atoms with Crippen molar-refractivity contribution in [3.63, 3.8) is 0 Å². The molecule has 36 heavy (non-hydrogen) atoms. The first-order chi connectivity index (χ1) is 17.1. The van der Waals surface area contributed by atoms with E-state index in [9.17, 15) is 0 Å². The third kappa shape index (κ3) is 13.9. The Balaban J connectivity index is 0.000000830. The number of halogens is 1. The highest BCUT2D eigenvalue weighted by atomic mass is 35.7. The Hall–Kier alpha value is -2.85. The smallest absolute Gasteiger partial charge is 0.137 e. The van der Waals surface area contributed by atoms with Crippen LogP contribution in [0.5, 0.6) is 17.2 Å². The van der Waals surface area contributed by atoms with E-state index in [1.165, 1.54) is 21.6 Å². The summed E-state index contributed by atoms with van der Waals surface area (Å²) in [5.74, 6) is 2.74. The Morgan fingerprint density at radius 3 is 0.944 bits per heavy atom. The maximum absolute atomic E-state index is 8.49. The fourth-order valence-electron chi connectivity index (χ4n) is 3.22. The molecule has 0 unspecified atom stereocenters. The molecule has 0 bridgehead atoms. The predicted octanol–water partition coefficient (Wildman–Crippen LogP) is -0.722. The van der Waals surface area contributed by atoms with Crippen LogP contribution in [0, 0.1) is 31.0 Å². The number of aryl methyl sites for hydroxylation is 3. The molecule has 0 spiro atoms. The minimum Gasteiger partial charge on any atom is -0.488 e. The minimum absolute atomic E-state index is 0.660. The van der Waals surface area contributed by atoms with E-state index in [1.54, 1.807) is 0 Å². The van der Waals surface area contributed by atoms with Gasteiger partial charge >= 0.3 is 0 Å². The molecule has 0 amide bonds. The van der Waals surface area contributed by atoms with Crippen LogP contribution in [0.1, 0.15) is 16.7 Å². The lowest BCUT2D eigenvalue weighted by atomic mass is 10.2. The predicted molar refractivity (Wildman–Crippen MR) is 126 cm³/mol. The van der Waals surface area contributed by atoms with Crippen LogP contribution in [0.3, 0.4) is 0 Å². The number of benzene rings is 3. The van der Waals surface area contributed by atoms with E-state index in [2.05, 4.69) is 57.2 Å². The quantitative estimate of drug-likeness (QED) is 0.335. The highest BCUT2D eigenvalue weighted by molar-refractivity contribution is 5.27. The van der Waals surface area contributed by atoms with Crippen LogP contribution in [-0.2, 0) is 0 Å².